The number of nitrogens with one attached hydrogen (secondary N) is 1. The van der Waals surface area contributed by atoms with Crippen molar-refractivity contribution in [3.05, 3.63) is 21.7 Å². The fourth-order valence-electron chi connectivity index (χ4n) is 2.78. The van der Waals surface area contributed by atoms with Crippen molar-refractivity contribution < 1.29 is 24.6 Å². The van der Waals surface area contributed by atoms with Gasteiger partial charge < -0.3 is 20.4 Å². The van der Waals surface area contributed by atoms with Crippen LogP contribution in [0.25, 0.3) is 0 Å². The highest BCUT2D eigenvalue weighted by atomic mass is 32.2. The molecule has 2 heterocycles. The molecule has 0 bridgehead atoms. The Morgan fingerprint density at radius 3 is 2.68 bits per heavy atom. The Kier molecular flexibility index (Phi) is 4.92. The van der Waals surface area contributed by atoms with E-state index in [1.807, 2.05) is 0 Å². The first-order valence-electron chi connectivity index (χ1n) is 6.88. The van der Waals surface area contributed by atoms with Crippen LogP contribution in [-0.4, -0.2) is 45.5 Å². The van der Waals surface area contributed by atoms with Crippen LogP contribution in [0.1, 0.15) is 26.7 Å². The molecule has 0 spiro atoms. The van der Waals surface area contributed by atoms with Crippen molar-refractivity contribution in [3.8, 4) is 0 Å². The number of hydrogen-bond donors (Lipinski definition) is 3. The number of amides is 2. The number of carbonyl (C=O) groups excluding carboxylic acids is 2. The molecule has 22 heavy (non-hydrogen) atoms. The largest absolute Gasteiger partial charge is 0.477 e. The molecule has 0 aliphatic carbocycles. The summed E-state index contributed by atoms with van der Waals surface area (Å²) >= 11 is 1.21. The SMILES string of the molecule is CC(=O)NC(C)=CSC1=C(C(=O)O)N2C(=O)C(CCO)C2C1. The third-order valence-electron chi connectivity index (χ3n) is 3.64. The highest BCUT2D eigenvalue weighted by Crippen LogP contribution is 2.47. The maximum atomic E-state index is 12.0. The van der Waals surface area contributed by atoms with Gasteiger partial charge in [0.05, 0.1) is 12.0 Å². The first kappa shape index (κ1) is 16.6. The van der Waals surface area contributed by atoms with Gasteiger partial charge in [-0.1, -0.05) is 11.8 Å². The number of thioether (sulfide) groups is 1. The number of carboxylic acid groups (broad SMARTS) is 1. The molecule has 8 heteroatoms. The molecule has 0 aromatic carbocycles. The highest BCUT2D eigenvalue weighted by Gasteiger charge is 2.54. The second-order valence-electron chi connectivity index (χ2n) is 5.28. The normalized spacial score (nSPS) is 24.2. The van der Waals surface area contributed by atoms with Gasteiger partial charge in [0, 0.05) is 30.6 Å². The maximum absolute atomic E-state index is 12.0. The lowest BCUT2D eigenvalue weighted by Gasteiger charge is -2.43. The fourth-order valence-corrected chi connectivity index (χ4v) is 3.73. The van der Waals surface area contributed by atoms with E-state index in [4.69, 9.17) is 5.11 Å². The summed E-state index contributed by atoms with van der Waals surface area (Å²) in [5, 5.41) is 22.6. The summed E-state index contributed by atoms with van der Waals surface area (Å²) in [5.41, 5.74) is 0.628. The van der Waals surface area contributed by atoms with Crippen molar-refractivity contribution in [3.63, 3.8) is 0 Å². The summed E-state index contributed by atoms with van der Waals surface area (Å²) in [6, 6.07) is -0.178. The van der Waals surface area contributed by atoms with Gasteiger partial charge in [0.1, 0.15) is 5.70 Å². The van der Waals surface area contributed by atoms with Gasteiger partial charge in [-0.25, -0.2) is 4.79 Å². The van der Waals surface area contributed by atoms with Crippen molar-refractivity contribution in [1.29, 1.82) is 0 Å². The van der Waals surface area contributed by atoms with E-state index in [0.717, 1.165) is 0 Å². The van der Waals surface area contributed by atoms with Crippen LogP contribution in [0.3, 0.4) is 0 Å². The average Bonchev–Trinajstić information content (AvgIpc) is 2.77. The molecule has 0 aromatic rings. The lowest BCUT2D eigenvalue weighted by atomic mass is 9.85. The van der Waals surface area contributed by atoms with Gasteiger partial charge in [-0.2, -0.15) is 0 Å². The van der Waals surface area contributed by atoms with Gasteiger partial charge in [0.15, 0.2) is 0 Å². The van der Waals surface area contributed by atoms with Crippen LogP contribution in [0, 0.1) is 5.92 Å². The van der Waals surface area contributed by atoms with Crippen LogP contribution in [0.5, 0.6) is 0 Å². The van der Waals surface area contributed by atoms with Crippen molar-refractivity contribution in [1.82, 2.24) is 10.2 Å². The van der Waals surface area contributed by atoms with Crippen LogP contribution < -0.4 is 5.32 Å². The summed E-state index contributed by atoms with van der Waals surface area (Å²) in [6.45, 7) is 3.01. The number of nitrogens with zero attached hydrogens (tertiary/aromatic N) is 1. The lowest BCUT2D eigenvalue weighted by Crippen LogP contribution is -2.58. The van der Waals surface area contributed by atoms with Crippen molar-refractivity contribution in [2.45, 2.75) is 32.7 Å². The fraction of sp³-hybridized carbons (Fsp3) is 0.500. The highest BCUT2D eigenvalue weighted by molar-refractivity contribution is 8.05. The van der Waals surface area contributed by atoms with E-state index in [2.05, 4.69) is 5.32 Å². The van der Waals surface area contributed by atoms with Gasteiger partial charge in [-0.05, 0) is 18.8 Å². The van der Waals surface area contributed by atoms with E-state index >= 15 is 0 Å². The van der Waals surface area contributed by atoms with Crippen molar-refractivity contribution in [2.24, 2.45) is 5.92 Å². The minimum Gasteiger partial charge on any atom is -0.477 e. The smallest absolute Gasteiger partial charge is 0.353 e. The van der Waals surface area contributed by atoms with Gasteiger partial charge in [-0.15, -0.1) is 0 Å². The number of fused-ring (bicyclic) bond motifs is 1. The molecule has 2 unspecified atom stereocenters. The molecule has 3 N–H and O–H groups in total. The van der Waals surface area contributed by atoms with Crippen molar-refractivity contribution >= 4 is 29.5 Å². The molecule has 1 fully saturated rings. The van der Waals surface area contributed by atoms with E-state index < -0.39 is 5.97 Å². The summed E-state index contributed by atoms with van der Waals surface area (Å²) < 4.78 is 0. The van der Waals surface area contributed by atoms with Crippen LogP contribution in [0.15, 0.2) is 21.7 Å². The summed E-state index contributed by atoms with van der Waals surface area (Å²) in [4.78, 5) is 36.3. The molecule has 0 saturated carbocycles. The molecule has 2 rings (SSSR count). The molecule has 0 aromatic heterocycles. The number of β-lactam (4-membered cyclic amide) rings is 1. The molecule has 0 radical (unpaired) electrons. The summed E-state index contributed by atoms with van der Waals surface area (Å²) in [5.74, 6) is -1.88. The monoisotopic (exact) mass is 326 g/mol. The number of aliphatic carboxylic acids is 1. The molecular formula is C14H18N2O5S. The standard InChI is InChI=1S/C14H18N2O5S/c1-7(15-8(2)18)6-22-11-5-10-9(3-4-17)13(19)16(10)12(11)14(20)21/h6,9-10,17H,3-5H2,1-2H3,(H,15,18)(H,20,21). The van der Waals surface area contributed by atoms with E-state index in [9.17, 15) is 19.5 Å². The Bertz CT molecular complexity index is 584. The van der Waals surface area contributed by atoms with Gasteiger partial charge in [0.2, 0.25) is 11.8 Å². The topological polar surface area (TPSA) is 107 Å². The van der Waals surface area contributed by atoms with E-state index in [1.165, 1.54) is 23.6 Å². The van der Waals surface area contributed by atoms with Crippen LogP contribution in [0.2, 0.25) is 0 Å². The molecule has 2 aliphatic heterocycles. The van der Waals surface area contributed by atoms with Crippen LogP contribution in [-0.2, 0) is 14.4 Å². The molecule has 7 nitrogen and oxygen atoms in total. The zero-order valence-electron chi connectivity index (χ0n) is 12.3. The lowest BCUT2D eigenvalue weighted by molar-refractivity contribution is -0.155. The maximum Gasteiger partial charge on any atom is 0.353 e. The average molecular weight is 326 g/mol. The predicted octanol–water partition coefficient (Wildman–Crippen LogP) is 0.626. The molecule has 2 amide bonds. The molecule has 2 atom stereocenters. The van der Waals surface area contributed by atoms with Crippen molar-refractivity contribution in [2.75, 3.05) is 6.61 Å². The van der Waals surface area contributed by atoms with Crippen LogP contribution >= 0.6 is 11.8 Å². The van der Waals surface area contributed by atoms with E-state index in [-0.39, 0.29) is 36.1 Å². The molecule has 2 aliphatic rings. The quantitative estimate of drug-likeness (QED) is 0.618. The minimum absolute atomic E-state index is 0.0149. The second-order valence-corrected chi connectivity index (χ2v) is 6.24. The van der Waals surface area contributed by atoms with E-state index in [1.54, 1.807) is 12.3 Å². The second kappa shape index (κ2) is 6.53. The molecule has 120 valence electrons. The third-order valence-corrected chi connectivity index (χ3v) is 4.76. The number of carbonyl (C=O) groups is 3. The Labute approximate surface area is 132 Å². The number of hydrogen-bond acceptors (Lipinski definition) is 5. The first-order chi connectivity index (χ1) is 10.4. The van der Waals surface area contributed by atoms with Gasteiger partial charge in [0.25, 0.3) is 0 Å². The number of allylic oxidation sites excluding steroid dienone is 1. The Morgan fingerprint density at radius 2 is 2.14 bits per heavy atom. The number of aliphatic hydroxyl groups excluding tert-OH is 1. The number of carboxylic acids is 1. The predicted molar refractivity (Wildman–Crippen MR) is 80.3 cm³/mol. The Morgan fingerprint density at radius 1 is 1.45 bits per heavy atom. The van der Waals surface area contributed by atoms with Crippen LogP contribution in [0.4, 0.5) is 0 Å². The zero-order valence-corrected chi connectivity index (χ0v) is 13.1. The summed E-state index contributed by atoms with van der Waals surface area (Å²) in [7, 11) is 0. The Hall–Kier alpha value is -1.80. The van der Waals surface area contributed by atoms with E-state index in [0.29, 0.717) is 23.4 Å². The summed E-state index contributed by atoms with van der Waals surface area (Å²) in [6.07, 6.45) is 0.818. The first-order valence-corrected chi connectivity index (χ1v) is 7.76. The van der Waals surface area contributed by atoms with Gasteiger partial charge >= 0.3 is 5.97 Å². The molecule has 1 saturated heterocycles. The third kappa shape index (κ3) is 3.02. The Balaban J connectivity index is 2.15. The number of rotatable bonds is 6. The molecular weight excluding hydrogens is 308 g/mol. The minimum atomic E-state index is -1.13. The number of aliphatic hydroxyl groups is 1. The van der Waals surface area contributed by atoms with Gasteiger partial charge in [-0.3, -0.25) is 9.59 Å². The zero-order chi connectivity index (χ0) is 16.4.